The molecule has 0 unspecified atom stereocenters. The number of nitrogens with zero attached hydrogens (tertiary/aromatic N) is 1. The number of amides is 4. The number of halogens is 2. The average molecular weight is 365 g/mol. The third-order valence-electron chi connectivity index (χ3n) is 3.44. The van der Waals surface area contributed by atoms with Gasteiger partial charge in [-0.15, -0.1) is 0 Å². The summed E-state index contributed by atoms with van der Waals surface area (Å²) in [4.78, 5) is 36.0. The van der Waals surface area contributed by atoms with Gasteiger partial charge in [-0.05, 0) is 30.3 Å². The Balaban J connectivity index is 1.96. The van der Waals surface area contributed by atoms with Crippen molar-refractivity contribution in [2.45, 2.75) is 0 Å². The van der Waals surface area contributed by atoms with Crippen LogP contribution < -0.4 is 5.32 Å². The first kappa shape index (κ1) is 16.3. The Bertz CT molecular complexity index is 901. The molecule has 1 saturated heterocycles. The highest BCUT2D eigenvalue weighted by molar-refractivity contribution is 6.43. The number of benzene rings is 1. The van der Waals surface area contributed by atoms with E-state index in [9.17, 15) is 14.4 Å². The summed E-state index contributed by atoms with van der Waals surface area (Å²) in [7, 11) is 1.28. The van der Waals surface area contributed by atoms with Crippen LogP contribution in [0.4, 0.5) is 4.79 Å². The highest BCUT2D eigenvalue weighted by atomic mass is 35.5. The molecule has 3 rings (SSSR count). The number of carbonyl (C=O) groups is 3. The number of hydrogen-bond acceptors (Lipinski definition) is 4. The van der Waals surface area contributed by atoms with E-state index in [2.05, 4.69) is 5.32 Å². The Hall–Kier alpha value is -2.57. The number of urea groups is 1. The van der Waals surface area contributed by atoms with E-state index in [1.54, 1.807) is 30.3 Å². The minimum Gasteiger partial charge on any atom is -0.457 e. The topological polar surface area (TPSA) is 79.6 Å². The average Bonchev–Trinajstić information content (AvgIpc) is 3.00. The fourth-order valence-electron chi connectivity index (χ4n) is 2.16. The van der Waals surface area contributed by atoms with Gasteiger partial charge in [0.2, 0.25) is 0 Å². The van der Waals surface area contributed by atoms with Crippen LogP contribution in [0.5, 0.6) is 0 Å². The van der Waals surface area contributed by atoms with E-state index >= 15 is 0 Å². The highest BCUT2D eigenvalue weighted by Crippen LogP contribution is 2.34. The number of furan rings is 1. The lowest BCUT2D eigenvalue weighted by molar-refractivity contribution is -0.129. The van der Waals surface area contributed by atoms with E-state index in [0.717, 1.165) is 4.90 Å². The summed E-state index contributed by atoms with van der Waals surface area (Å²) in [5.74, 6) is -0.783. The molecule has 0 spiro atoms. The van der Waals surface area contributed by atoms with Gasteiger partial charge in [0.15, 0.2) is 0 Å². The van der Waals surface area contributed by atoms with Gasteiger partial charge in [0.25, 0.3) is 11.8 Å². The van der Waals surface area contributed by atoms with Crippen molar-refractivity contribution in [2.24, 2.45) is 0 Å². The van der Waals surface area contributed by atoms with Gasteiger partial charge in [0, 0.05) is 12.6 Å². The molecule has 24 heavy (non-hydrogen) atoms. The quantitative estimate of drug-likeness (QED) is 0.654. The zero-order valence-electron chi connectivity index (χ0n) is 12.3. The molecule has 1 aliphatic heterocycles. The van der Waals surface area contributed by atoms with Gasteiger partial charge in [0.05, 0.1) is 10.0 Å². The molecular formula is C16H10Cl2N2O4. The standard InChI is InChI=1S/C16H10Cl2N2O4/c1-20-15(22)10(14(21)19-16(20)23)7-8-5-6-12(24-8)9-3-2-4-11(17)13(9)18/h2-7H,1H3,(H,19,21,23). The molecule has 6 nitrogen and oxygen atoms in total. The van der Waals surface area contributed by atoms with E-state index < -0.39 is 17.8 Å². The molecule has 2 aromatic rings. The van der Waals surface area contributed by atoms with Crippen molar-refractivity contribution >= 4 is 47.1 Å². The van der Waals surface area contributed by atoms with Crippen LogP contribution in [0, 0.1) is 0 Å². The van der Waals surface area contributed by atoms with Crippen molar-refractivity contribution in [1.29, 1.82) is 0 Å². The first-order valence-electron chi connectivity index (χ1n) is 6.78. The van der Waals surface area contributed by atoms with Gasteiger partial charge in [-0.3, -0.25) is 19.8 Å². The number of hydrogen-bond donors (Lipinski definition) is 1. The summed E-state index contributed by atoms with van der Waals surface area (Å²) < 4.78 is 5.61. The Morgan fingerprint density at radius 3 is 2.62 bits per heavy atom. The van der Waals surface area contributed by atoms with E-state index in [-0.39, 0.29) is 11.3 Å². The Labute approximate surface area is 146 Å². The molecular weight excluding hydrogens is 355 g/mol. The van der Waals surface area contributed by atoms with E-state index in [0.29, 0.717) is 21.4 Å². The molecule has 1 aromatic carbocycles. The molecule has 0 aliphatic carbocycles. The molecule has 1 N–H and O–H groups in total. The van der Waals surface area contributed by atoms with Crippen LogP contribution >= 0.6 is 23.2 Å². The number of nitrogens with one attached hydrogen (secondary N) is 1. The molecule has 1 aromatic heterocycles. The van der Waals surface area contributed by atoms with Crippen LogP contribution in [0.15, 0.2) is 40.3 Å². The number of rotatable bonds is 2. The summed E-state index contributed by atoms with van der Waals surface area (Å²) in [5, 5.41) is 2.78. The number of carbonyl (C=O) groups excluding carboxylic acids is 3. The summed E-state index contributed by atoms with van der Waals surface area (Å²) in [5.41, 5.74) is 0.385. The molecule has 0 bridgehead atoms. The lowest BCUT2D eigenvalue weighted by atomic mass is 10.1. The predicted octanol–water partition coefficient (Wildman–Crippen LogP) is 3.35. The molecule has 1 aliphatic rings. The van der Waals surface area contributed by atoms with E-state index in [4.69, 9.17) is 27.6 Å². The number of barbiturate groups is 1. The SMILES string of the molecule is CN1C(=O)NC(=O)C(=Cc2ccc(-c3cccc(Cl)c3Cl)o2)C1=O. The largest absolute Gasteiger partial charge is 0.457 e. The zero-order chi connectivity index (χ0) is 17.4. The highest BCUT2D eigenvalue weighted by Gasteiger charge is 2.33. The van der Waals surface area contributed by atoms with Crippen LogP contribution in [0.1, 0.15) is 5.76 Å². The first-order chi connectivity index (χ1) is 11.4. The number of imide groups is 2. The molecule has 0 radical (unpaired) electrons. The third-order valence-corrected chi connectivity index (χ3v) is 4.25. The fraction of sp³-hybridized carbons (Fsp3) is 0.0625. The van der Waals surface area contributed by atoms with Crippen molar-refractivity contribution in [3.8, 4) is 11.3 Å². The lowest BCUT2D eigenvalue weighted by Gasteiger charge is -2.21. The normalized spacial score (nSPS) is 16.7. The van der Waals surface area contributed by atoms with Gasteiger partial charge in [-0.1, -0.05) is 29.3 Å². The molecule has 2 heterocycles. The summed E-state index contributed by atoms with van der Waals surface area (Å²) >= 11 is 12.1. The maximum absolute atomic E-state index is 12.0. The zero-order valence-corrected chi connectivity index (χ0v) is 13.8. The molecule has 122 valence electrons. The van der Waals surface area contributed by atoms with Gasteiger partial charge in [-0.25, -0.2) is 4.79 Å². The van der Waals surface area contributed by atoms with Crippen LogP contribution in [0.3, 0.4) is 0 Å². The van der Waals surface area contributed by atoms with Crippen molar-refractivity contribution < 1.29 is 18.8 Å². The van der Waals surface area contributed by atoms with Crippen LogP contribution in [-0.2, 0) is 9.59 Å². The second-order valence-corrected chi connectivity index (χ2v) is 5.77. The van der Waals surface area contributed by atoms with Gasteiger partial charge in [-0.2, -0.15) is 0 Å². The molecule has 8 heteroatoms. The molecule has 1 fully saturated rings. The van der Waals surface area contributed by atoms with Crippen molar-refractivity contribution in [3.63, 3.8) is 0 Å². The second-order valence-electron chi connectivity index (χ2n) is 4.98. The Kier molecular flexibility index (Phi) is 4.17. The molecule has 4 amide bonds. The monoisotopic (exact) mass is 364 g/mol. The van der Waals surface area contributed by atoms with Gasteiger partial charge >= 0.3 is 6.03 Å². The lowest BCUT2D eigenvalue weighted by Crippen LogP contribution is -2.52. The van der Waals surface area contributed by atoms with Gasteiger partial charge in [0.1, 0.15) is 17.1 Å². The van der Waals surface area contributed by atoms with E-state index in [1.165, 1.54) is 13.1 Å². The summed E-state index contributed by atoms with van der Waals surface area (Å²) in [6.07, 6.45) is 1.27. The van der Waals surface area contributed by atoms with Crippen LogP contribution in [0.25, 0.3) is 17.4 Å². The third kappa shape index (κ3) is 2.81. The smallest absolute Gasteiger partial charge is 0.331 e. The van der Waals surface area contributed by atoms with Crippen molar-refractivity contribution in [2.75, 3.05) is 7.05 Å². The summed E-state index contributed by atoms with van der Waals surface area (Å²) in [6.45, 7) is 0. The maximum Gasteiger partial charge on any atom is 0.331 e. The molecule has 0 atom stereocenters. The van der Waals surface area contributed by atoms with Gasteiger partial charge < -0.3 is 4.42 Å². The minimum atomic E-state index is -0.776. The maximum atomic E-state index is 12.0. The second kappa shape index (κ2) is 6.14. The Morgan fingerprint density at radius 1 is 1.12 bits per heavy atom. The van der Waals surface area contributed by atoms with Crippen LogP contribution in [-0.4, -0.2) is 29.8 Å². The Morgan fingerprint density at radius 2 is 1.88 bits per heavy atom. The van der Waals surface area contributed by atoms with Crippen molar-refractivity contribution in [3.05, 3.63) is 51.7 Å². The van der Waals surface area contributed by atoms with Crippen LogP contribution in [0.2, 0.25) is 10.0 Å². The minimum absolute atomic E-state index is 0.199. The van der Waals surface area contributed by atoms with E-state index in [1.807, 2.05) is 0 Å². The predicted molar refractivity (Wildman–Crippen MR) is 88.4 cm³/mol. The fourth-order valence-corrected chi connectivity index (χ4v) is 2.55. The van der Waals surface area contributed by atoms with Crippen molar-refractivity contribution in [1.82, 2.24) is 10.2 Å². The molecule has 0 saturated carbocycles. The summed E-state index contributed by atoms with van der Waals surface area (Å²) in [6, 6.07) is 7.56. The number of likely N-dealkylation sites (N-methyl/N-ethyl adjacent to an activating group) is 1. The first-order valence-corrected chi connectivity index (χ1v) is 7.53.